The highest BCUT2D eigenvalue weighted by Crippen LogP contribution is 2.20. The van der Waals surface area contributed by atoms with Crippen molar-refractivity contribution in [3.05, 3.63) is 95.6 Å². The highest BCUT2D eigenvalue weighted by atomic mass is 32.1. The van der Waals surface area contributed by atoms with Gasteiger partial charge in [0, 0.05) is 11.4 Å². The number of para-hydroxylation sites is 1. The summed E-state index contributed by atoms with van der Waals surface area (Å²) in [4.78, 5) is 2.13. The van der Waals surface area contributed by atoms with E-state index in [-0.39, 0.29) is 0 Å². The van der Waals surface area contributed by atoms with Crippen molar-refractivity contribution < 1.29 is 0 Å². The van der Waals surface area contributed by atoms with Gasteiger partial charge in [0.2, 0.25) is 0 Å². The summed E-state index contributed by atoms with van der Waals surface area (Å²) in [6, 6.07) is 27.0. The molecule has 126 valence electrons. The fraction of sp³-hybridized carbons (Fsp3) is 0.136. The fourth-order valence-corrected chi connectivity index (χ4v) is 3.18. The van der Waals surface area contributed by atoms with Gasteiger partial charge in [0.15, 0.2) is 5.11 Å². The van der Waals surface area contributed by atoms with Gasteiger partial charge in [-0.05, 0) is 67.0 Å². The van der Waals surface area contributed by atoms with Crippen LogP contribution in [0.4, 0.5) is 11.4 Å². The Labute approximate surface area is 155 Å². The van der Waals surface area contributed by atoms with Gasteiger partial charge in [0.1, 0.15) is 0 Å². The van der Waals surface area contributed by atoms with Crippen molar-refractivity contribution >= 4 is 28.7 Å². The quantitative estimate of drug-likeness (QED) is 0.609. The van der Waals surface area contributed by atoms with Gasteiger partial charge in [-0.2, -0.15) is 0 Å². The third-order valence-electron chi connectivity index (χ3n) is 3.97. The molecule has 3 rings (SSSR count). The normalized spacial score (nSPS) is 10.3. The Bertz CT molecular complexity index is 824. The monoisotopic (exact) mass is 346 g/mol. The van der Waals surface area contributed by atoms with Crippen molar-refractivity contribution in [2.24, 2.45) is 0 Å². The molecule has 0 bridgehead atoms. The van der Waals surface area contributed by atoms with Crippen LogP contribution in [0.25, 0.3) is 0 Å². The summed E-state index contributed by atoms with van der Waals surface area (Å²) in [5, 5.41) is 4.09. The van der Waals surface area contributed by atoms with Crippen molar-refractivity contribution in [2.75, 3.05) is 10.2 Å². The molecule has 0 aliphatic carbocycles. The molecule has 0 saturated carbocycles. The van der Waals surface area contributed by atoms with Crippen molar-refractivity contribution in [2.45, 2.75) is 20.4 Å². The van der Waals surface area contributed by atoms with E-state index >= 15 is 0 Å². The first-order valence-electron chi connectivity index (χ1n) is 8.37. The summed E-state index contributed by atoms with van der Waals surface area (Å²) in [7, 11) is 0. The summed E-state index contributed by atoms with van der Waals surface area (Å²) in [6.45, 7) is 4.92. The first kappa shape index (κ1) is 17.2. The molecule has 3 aromatic carbocycles. The lowest BCUT2D eigenvalue weighted by Crippen LogP contribution is -2.34. The molecule has 2 nitrogen and oxygen atoms in total. The predicted octanol–water partition coefficient (Wildman–Crippen LogP) is 5.71. The summed E-state index contributed by atoms with van der Waals surface area (Å²) in [6.07, 6.45) is 0. The number of nitrogens with zero attached hydrogens (tertiary/aromatic N) is 1. The van der Waals surface area contributed by atoms with Crippen LogP contribution in [0.1, 0.15) is 16.7 Å². The third kappa shape index (κ3) is 4.68. The number of aryl methyl sites for hydroxylation is 2. The van der Waals surface area contributed by atoms with Crippen LogP contribution in [0, 0.1) is 13.8 Å². The molecule has 0 amide bonds. The van der Waals surface area contributed by atoms with Gasteiger partial charge in [-0.3, -0.25) is 0 Å². The maximum absolute atomic E-state index is 5.74. The Kier molecular flexibility index (Phi) is 5.46. The Morgan fingerprint density at radius 2 is 1.40 bits per heavy atom. The standard InChI is InChI=1S/C22H22N2S/c1-17-13-18(2)15-20(14-17)23-22(25)24(21-11-7-4-8-12-21)16-19-9-5-3-6-10-19/h3-15H,16H2,1-2H3,(H,23,25). The van der Waals surface area contributed by atoms with E-state index < -0.39 is 0 Å². The van der Waals surface area contributed by atoms with Gasteiger partial charge in [-0.1, -0.05) is 54.6 Å². The molecule has 0 atom stereocenters. The van der Waals surface area contributed by atoms with Crippen LogP contribution in [-0.4, -0.2) is 5.11 Å². The molecule has 0 heterocycles. The van der Waals surface area contributed by atoms with Crippen LogP contribution in [0.15, 0.2) is 78.9 Å². The number of anilines is 2. The minimum Gasteiger partial charge on any atom is -0.332 e. The predicted molar refractivity (Wildman–Crippen MR) is 111 cm³/mol. The summed E-state index contributed by atoms with van der Waals surface area (Å²) < 4.78 is 0. The Balaban J connectivity index is 1.86. The van der Waals surface area contributed by atoms with E-state index in [2.05, 4.69) is 78.7 Å². The number of hydrogen-bond donors (Lipinski definition) is 1. The first-order chi connectivity index (χ1) is 12.1. The molecular formula is C22H22N2S. The second-order valence-electron chi connectivity index (χ2n) is 6.21. The molecular weight excluding hydrogens is 324 g/mol. The number of rotatable bonds is 4. The minimum atomic E-state index is 0.694. The van der Waals surface area contributed by atoms with Crippen LogP contribution in [0.5, 0.6) is 0 Å². The summed E-state index contributed by atoms with van der Waals surface area (Å²) in [5.41, 5.74) is 5.76. The zero-order valence-electron chi connectivity index (χ0n) is 14.6. The topological polar surface area (TPSA) is 15.3 Å². The largest absolute Gasteiger partial charge is 0.332 e. The number of hydrogen-bond acceptors (Lipinski definition) is 1. The smallest absolute Gasteiger partial charge is 0.178 e. The Hall–Kier alpha value is -2.65. The lowest BCUT2D eigenvalue weighted by Gasteiger charge is -2.26. The van der Waals surface area contributed by atoms with Gasteiger partial charge in [0.05, 0.1) is 6.54 Å². The SMILES string of the molecule is Cc1cc(C)cc(NC(=S)N(Cc2ccccc2)c2ccccc2)c1. The van der Waals surface area contributed by atoms with Gasteiger partial charge in [-0.25, -0.2) is 0 Å². The molecule has 0 aromatic heterocycles. The molecule has 25 heavy (non-hydrogen) atoms. The average molecular weight is 346 g/mol. The lowest BCUT2D eigenvalue weighted by atomic mass is 10.1. The average Bonchev–Trinajstić information content (AvgIpc) is 2.60. The van der Waals surface area contributed by atoms with Gasteiger partial charge >= 0.3 is 0 Å². The fourth-order valence-electron chi connectivity index (χ4n) is 2.89. The van der Waals surface area contributed by atoms with Crippen LogP contribution >= 0.6 is 12.2 Å². The maximum Gasteiger partial charge on any atom is 0.178 e. The number of thiocarbonyl (C=S) groups is 1. The maximum atomic E-state index is 5.74. The molecule has 0 spiro atoms. The lowest BCUT2D eigenvalue weighted by molar-refractivity contribution is 1.01. The van der Waals surface area contributed by atoms with Gasteiger partial charge in [0.25, 0.3) is 0 Å². The van der Waals surface area contributed by atoms with Crippen molar-refractivity contribution in [3.63, 3.8) is 0 Å². The van der Waals surface area contributed by atoms with E-state index in [1.165, 1.54) is 16.7 Å². The molecule has 3 aromatic rings. The zero-order chi connectivity index (χ0) is 17.6. The summed E-state index contributed by atoms with van der Waals surface area (Å²) in [5.74, 6) is 0. The Morgan fingerprint density at radius 1 is 0.840 bits per heavy atom. The van der Waals surface area contributed by atoms with Gasteiger partial charge < -0.3 is 10.2 Å². The minimum absolute atomic E-state index is 0.694. The van der Waals surface area contributed by atoms with Crippen molar-refractivity contribution in [3.8, 4) is 0 Å². The zero-order valence-corrected chi connectivity index (χ0v) is 15.4. The van der Waals surface area contributed by atoms with E-state index in [9.17, 15) is 0 Å². The molecule has 0 fully saturated rings. The highest BCUT2D eigenvalue weighted by molar-refractivity contribution is 7.80. The van der Waals surface area contributed by atoms with E-state index in [0.29, 0.717) is 5.11 Å². The summed E-state index contributed by atoms with van der Waals surface area (Å²) >= 11 is 5.74. The Morgan fingerprint density at radius 3 is 2.00 bits per heavy atom. The van der Waals surface area contributed by atoms with E-state index in [1.54, 1.807) is 0 Å². The molecule has 0 saturated heterocycles. The van der Waals surface area contributed by atoms with Crippen LogP contribution in [-0.2, 0) is 6.54 Å². The molecule has 0 radical (unpaired) electrons. The van der Waals surface area contributed by atoms with E-state index in [1.807, 2.05) is 24.3 Å². The molecule has 0 aliphatic heterocycles. The second-order valence-corrected chi connectivity index (χ2v) is 6.60. The van der Waals surface area contributed by atoms with Crippen molar-refractivity contribution in [1.82, 2.24) is 0 Å². The number of nitrogens with one attached hydrogen (secondary N) is 1. The van der Waals surface area contributed by atoms with Crippen LogP contribution in [0.3, 0.4) is 0 Å². The van der Waals surface area contributed by atoms with E-state index in [4.69, 9.17) is 12.2 Å². The van der Waals surface area contributed by atoms with Crippen LogP contribution in [0.2, 0.25) is 0 Å². The highest BCUT2D eigenvalue weighted by Gasteiger charge is 2.13. The molecule has 0 unspecified atom stereocenters. The molecule has 0 aliphatic rings. The third-order valence-corrected chi connectivity index (χ3v) is 4.29. The number of benzene rings is 3. The second kappa shape index (κ2) is 7.95. The van der Waals surface area contributed by atoms with Gasteiger partial charge in [-0.15, -0.1) is 0 Å². The first-order valence-corrected chi connectivity index (χ1v) is 8.78. The molecule has 1 N–H and O–H groups in total. The molecule has 3 heteroatoms. The van der Waals surface area contributed by atoms with E-state index in [0.717, 1.165) is 17.9 Å². The van der Waals surface area contributed by atoms with Crippen molar-refractivity contribution in [1.29, 1.82) is 0 Å². The van der Waals surface area contributed by atoms with Crippen LogP contribution < -0.4 is 10.2 Å².